The first-order chi connectivity index (χ1) is 62.7. The molecule has 0 N–H and O–H groups in total. The second-order valence-electron chi connectivity index (χ2n) is 47.2. The van der Waals surface area contributed by atoms with Crippen LogP contribution in [-0.4, -0.2) is 108 Å². The van der Waals surface area contributed by atoms with Crippen molar-refractivity contribution in [3.05, 3.63) is 52.1 Å². The van der Waals surface area contributed by atoms with Crippen molar-refractivity contribution in [1.29, 1.82) is 0 Å². The van der Waals surface area contributed by atoms with Gasteiger partial charge in [0.05, 0.1) is 24.0 Å². The second kappa shape index (κ2) is 19.9. The minimum atomic E-state index is -4.26. The van der Waals surface area contributed by atoms with Crippen LogP contribution < -0.4 is 4.74 Å². The lowest BCUT2D eigenvalue weighted by molar-refractivity contribution is -0.144. The maximum atomic E-state index is 14.3. The van der Waals surface area contributed by atoms with Gasteiger partial charge in [-0.15, -0.1) is 0 Å². The van der Waals surface area contributed by atoms with Crippen LogP contribution in [0, 0.1) is 41.4 Å². The molecule has 7 saturated heterocycles. The van der Waals surface area contributed by atoms with Crippen LogP contribution in [0.2, 0.25) is 48.4 Å². The Morgan fingerprint density at radius 1 is 0.292 bits per heavy atom. The van der Waals surface area contributed by atoms with E-state index in [9.17, 15) is 4.79 Å². The van der Waals surface area contributed by atoms with Gasteiger partial charge in [0.1, 0.15) is 5.75 Å². The lowest BCUT2D eigenvalue weighted by Crippen LogP contribution is -2.88. The summed E-state index contributed by atoms with van der Waals surface area (Å²) in [7, 11) is -30.4. The number of rotatable bonds is 26. The number of hydrogen-bond acceptors (Lipinski definition) is 16. The van der Waals surface area contributed by atoms with Crippen LogP contribution in [-0.2, 0) is 69.7 Å². The summed E-state index contributed by atoms with van der Waals surface area (Å²) in [4.78, 5) is 17.2. The quantitative estimate of drug-likeness (QED) is 0.0219. The van der Waals surface area contributed by atoms with Crippen LogP contribution in [0.4, 0.5) is 0 Å². The highest BCUT2D eigenvalue weighted by atomic mass is 28.6. The fourth-order valence-corrected chi connectivity index (χ4v) is 87.0. The molecule has 0 aromatic heterocycles. The third kappa shape index (κ3) is 6.36. The number of carbonyl (C=O) groups is 1. The Hall–Kier alpha value is -7.83. The van der Waals surface area contributed by atoms with Gasteiger partial charge in [-0.3, -0.25) is 9.69 Å². The molecule has 24 heteroatoms. The molecule has 7 aliphatic heterocycles. The van der Waals surface area contributed by atoms with Crippen LogP contribution >= 0.6 is 0 Å². The predicted molar refractivity (Wildman–Crippen MR) is 537 cm³/mol. The van der Waals surface area contributed by atoms with Crippen LogP contribution in [0.3, 0.4) is 0 Å². The summed E-state index contributed by atoms with van der Waals surface area (Å²) in [6.07, 6.45) is 2.92. The van der Waals surface area contributed by atoms with E-state index in [1.54, 1.807) is 313 Å². The van der Waals surface area contributed by atoms with Gasteiger partial charge in [0, 0.05) is 67.4 Å². The maximum absolute atomic E-state index is 14.3. The fourth-order valence-electron chi connectivity index (χ4n) is 35.5. The molecule has 640 valence electrons. The number of benzene rings is 18. The van der Waals surface area contributed by atoms with E-state index >= 15 is 0 Å². The van der Waals surface area contributed by atoms with Crippen LogP contribution in [0.25, 0.3) is 291 Å². The molecule has 3 unspecified atom stereocenters. The molecule has 7 fully saturated rings. The number of ether oxygens (including phenoxy) is 2. The topological polar surface area (TPSA) is 150 Å². The molecule has 3 atom stereocenters. The smallest absolute Gasteiger partial charge is 0.479 e. The SMILES string of the molecule is CC(C)C[Si]12O[Si]3(CCCOC(=O)CCCCCOc4ccc(C5N(C)CC67c8c9c%10c%11c%12c%13c(c%14c%15c6c6c%16c8c8c%17c9c9c%11c%11c%12c%12c%18c%13c%14c%13c%14c%15c6c6c%15c%16c8c8c%16c%17c9c9c%11c%11c%12c%12c%18c%13c%13c%14c6c6c%15c8c8c%16c9c%11c9c%12c%13c6c89)C%1057)cc4)O[Si]4(CC(C)C)O[Si](CC(C)C)(O1)O[Si]1(CC(C)C)O[Si](CC(C)C)(O2)O[Si](CC(C)C)(O3)O[Si](CC(C)C)(O4)O1. The molecule has 11 aliphatic rings. The summed E-state index contributed by atoms with van der Waals surface area (Å²) in [6.45, 7) is 32.1. The number of esters is 1. The van der Waals surface area contributed by atoms with Crippen LogP contribution in [0.5, 0.6) is 5.75 Å². The van der Waals surface area contributed by atoms with Crippen molar-refractivity contribution in [2.45, 2.75) is 194 Å². The molecule has 0 amide bonds. The first-order valence-electron chi connectivity index (χ1n) is 49.5. The zero-order valence-electron chi connectivity index (χ0n) is 75.3. The van der Waals surface area contributed by atoms with Crippen molar-refractivity contribution in [3.8, 4) is 5.75 Å². The summed E-state index contributed by atoms with van der Waals surface area (Å²) in [5, 5.41) is 88.0. The van der Waals surface area contributed by atoms with Gasteiger partial charge in [-0.2, -0.15) is 0 Å². The minimum absolute atomic E-state index is 0.0170. The molecule has 8 bridgehead atoms. The Labute approximate surface area is 750 Å². The Kier molecular flexibility index (Phi) is 10.9. The molecule has 2 spiro atoms. The molecule has 16 nitrogen and oxygen atoms in total. The van der Waals surface area contributed by atoms with Crippen LogP contribution in [0.1, 0.15) is 163 Å². The maximum Gasteiger partial charge on any atom is 0.479 e. The highest BCUT2D eigenvalue weighted by Crippen LogP contribution is 2.88. The van der Waals surface area contributed by atoms with Gasteiger partial charge >= 0.3 is 76.4 Å². The van der Waals surface area contributed by atoms with Crippen molar-refractivity contribution >= 4 is 367 Å². The Morgan fingerprint density at radius 2 is 0.523 bits per heavy atom. The standard InChI is InChI=1S/C106H89NO15Si8/c1-36(2)28-124-111-123(112-125(29-37(3)4)116-127(114-124,31-39(7)8)120-130(34-42(13)14)121-128(115-124,32-40(9)10)117-126(113-123,30-38(5)6)119-129(118-125,122-130)33-41(11)12)27-19-26-110-45(108)20-17-16-18-25-109-44-23-21-43(22-24-44)104-106-102-95-87-75-67-58-49-47-46-48-52(49)61-68-66-57(48)59-55-50(46)53-54-51(47)56-60(58)73(75)81-79-65(56)63(54)71-70-62(53)64(55)78-80-72(59)74(66)86-88-76(68)77(69(61)67)89(87)98(102)97(88)100-93(86)91(80)94-84(78)82(70)90-83(71)85(79)96(92(81)95)103(106)99(90)101(94)105(100,106)35-107(104)15/h21-24,36-42,104H,16-20,25-35H2,1-15H3. The van der Waals surface area contributed by atoms with Gasteiger partial charge in [0.25, 0.3) is 0 Å². The van der Waals surface area contributed by atoms with Crippen molar-refractivity contribution in [1.82, 2.24) is 4.90 Å². The van der Waals surface area contributed by atoms with Gasteiger partial charge in [-0.1, -0.05) is 109 Å². The fraction of sp³-hybridized carbons (Fsp3) is 0.387. The molecular formula is C106H89NO15Si8. The van der Waals surface area contributed by atoms with Crippen LogP contribution in [0.15, 0.2) is 24.3 Å². The first kappa shape index (κ1) is 70.8. The van der Waals surface area contributed by atoms with E-state index in [2.05, 4.69) is 133 Å². The monoisotopic (exact) mass is 1840 g/mol. The van der Waals surface area contributed by atoms with Gasteiger partial charge in [-0.05, 0) is 405 Å². The van der Waals surface area contributed by atoms with Crippen molar-refractivity contribution < 1.29 is 63.7 Å². The highest BCUT2D eigenvalue weighted by molar-refractivity contribution is 7.04. The lowest BCUT2D eigenvalue weighted by atomic mass is 9.49. The van der Waals surface area contributed by atoms with E-state index in [0.717, 1.165) is 25.1 Å². The third-order valence-corrected chi connectivity index (χ3v) is 76.7. The number of likely N-dealkylation sites (N-methyl/N-ethyl adjacent to an activating group) is 1. The number of carbonyl (C=O) groups excluding carboxylic acids is 1. The zero-order chi connectivity index (χ0) is 85.5. The van der Waals surface area contributed by atoms with E-state index in [4.69, 9.17) is 58.9 Å². The molecule has 29 aromatic carbocycles. The van der Waals surface area contributed by atoms with E-state index in [0.29, 0.717) is 61.8 Å². The highest BCUT2D eigenvalue weighted by Gasteiger charge is 2.85. The Bertz CT molecular complexity index is 9650. The zero-order valence-corrected chi connectivity index (χ0v) is 83.3. The van der Waals surface area contributed by atoms with E-state index in [-0.39, 0.29) is 77.9 Å². The Balaban J connectivity index is 0.437. The molecular weight excluding hydrogens is 1750 g/mol. The van der Waals surface area contributed by atoms with E-state index < -0.39 is 75.9 Å². The molecule has 0 saturated carbocycles. The number of hydrogen-bond donors (Lipinski definition) is 0. The molecule has 29 aromatic rings. The molecule has 4 aliphatic carbocycles. The third-order valence-electron chi connectivity index (χ3n) is 36.6. The molecule has 40 rings (SSSR count). The Morgan fingerprint density at radius 3 is 0.815 bits per heavy atom. The summed E-state index contributed by atoms with van der Waals surface area (Å²) in [5.74, 6) is 1.01. The van der Waals surface area contributed by atoms with Crippen molar-refractivity contribution in [2.75, 3.05) is 26.8 Å². The normalized spacial score (nSPS) is 30.4. The predicted octanol–water partition coefficient (Wildman–Crippen LogP) is 27.2. The molecule has 130 heavy (non-hydrogen) atoms. The number of unbranched alkanes of at least 4 members (excludes halogenated alkanes) is 2. The van der Waals surface area contributed by atoms with Crippen molar-refractivity contribution in [3.63, 3.8) is 0 Å². The first-order valence-corrected chi connectivity index (χ1v) is 64.9. The minimum Gasteiger partial charge on any atom is -0.494 e. The van der Waals surface area contributed by atoms with Gasteiger partial charge in [0.15, 0.2) is 0 Å². The van der Waals surface area contributed by atoms with E-state index in [1.807, 2.05) is 0 Å². The average molecular weight is 1840 g/mol. The molecule has 7 heterocycles. The van der Waals surface area contributed by atoms with Gasteiger partial charge < -0.3 is 58.9 Å². The largest absolute Gasteiger partial charge is 0.494 e. The van der Waals surface area contributed by atoms with E-state index in [1.165, 1.54) is 5.56 Å². The number of nitrogens with zero attached hydrogens (tertiary/aromatic N) is 1. The van der Waals surface area contributed by atoms with Gasteiger partial charge in [0.2, 0.25) is 0 Å². The second-order valence-corrected chi connectivity index (χ2v) is 71.3. The number of likely N-dealkylation sites (tertiary alicyclic amines) is 1. The molecule has 0 radical (unpaired) electrons. The van der Waals surface area contributed by atoms with Gasteiger partial charge in [-0.25, -0.2) is 0 Å². The summed E-state index contributed by atoms with van der Waals surface area (Å²) < 4.78 is 109. The van der Waals surface area contributed by atoms with Crippen molar-refractivity contribution in [2.24, 2.45) is 41.4 Å². The summed E-state index contributed by atoms with van der Waals surface area (Å²) in [5.41, 5.74) is 7.40. The lowest BCUT2D eigenvalue weighted by Gasteiger charge is -2.64. The average Bonchev–Trinajstić information content (AvgIpc) is 1.38. The summed E-state index contributed by atoms with van der Waals surface area (Å²) >= 11 is 0. The summed E-state index contributed by atoms with van der Waals surface area (Å²) in [6, 6.07) is 12.9.